The summed E-state index contributed by atoms with van der Waals surface area (Å²) in [5, 5.41) is 8.71. The summed E-state index contributed by atoms with van der Waals surface area (Å²) in [6.07, 6.45) is 5.69. The van der Waals surface area contributed by atoms with Crippen LogP contribution in [0.2, 0.25) is 0 Å². The van der Waals surface area contributed by atoms with E-state index in [1.54, 1.807) is 6.08 Å². The molecule has 2 rings (SSSR count). The van der Waals surface area contributed by atoms with Crippen molar-refractivity contribution in [2.75, 3.05) is 0 Å². The van der Waals surface area contributed by atoms with Crippen molar-refractivity contribution in [2.24, 2.45) is 0 Å². The minimum atomic E-state index is 0.518. The molecule has 1 nitrogen and oxygen atoms in total. The topological polar surface area (TPSA) is 23.8 Å². The molecule has 0 radical (unpaired) electrons. The van der Waals surface area contributed by atoms with Gasteiger partial charge < -0.3 is 0 Å². The van der Waals surface area contributed by atoms with E-state index in [1.807, 2.05) is 13.0 Å². The van der Waals surface area contributed by atoms with Gasteiger partial charge in [-0.1, -0.05) is 50.3 Å². The van der Waals surface area contributed by atoms with Crippen LogP contribution in [0.15, 0.2) is 42.0 Å². The monoisotopic (exact) mass is 289 g/mol. The second kappa shape index (κ2) is 6.62. The van der Waals surface area contributed by atoms with Gasteiger partial charge in [-0.15, -0.1) is 0 Å². The van der Waals surface area contributed by atoms with Crippen LogP contribution in [0.1, 0.15) is 48.9 Å². The maximum atomic E-state index is 8.71. The van der Waals surface area contributed by atoms with Crippen LogP contribution >= 0.6 is 0 Å². The lowest BCUT2D eigenvalue weighted by Gasteiger charge is -2.04. The molecule has 2 aliphatic rings. The van der Waals surface area contributed by atoms with Gasteiger partial charge in [0.05, 0.1) is 6.07 Å². The van der Waals surface area contributed by atoms with Crippen molar-refractivity contribution < 1.29 is 0 Å². The fourth-order valence-corrected chi connectivity index (χ4v) is 2.74. The van der Waals surface area contributed by atoms with Crippen LogP contribution in [0.4, 0.5) is 0 Å². The van der Waals surface area contributed by atoms with Gasteiger partial charge in [0.2, 0.25) is 0 Å². The predicted octanol–water partition coefficient (Wildman–Crippen LogP) is 6.01. The van der Waals surface area contributed by atoms with Crippen LogP contribution in [0.25, 0.3) is 17.2 Å². The Balaban J connectivity index is 2.58. The molecule has 0 saturated carbocycles. The van der Waals surface area contributed by atoms with Gasteiger partial charge >= 0.3 is 0 Å². The molecule has 0 heterocycles. The Labute approximate surface area is 133 Å². The van der Waals surface area contributed by atoms with Crippen LogP contribution in [0, 0.1) is 25.2 Å². The lowest BCUT2D eigenvalue weighted by Crippen LogP contribution is -1.84. The van der Waals surface area contributed by atoms with Crippen LogP contribution in [0.5, 0.6) is 0 Å². The van der Waals surface area contributed by atoms with E-state index in [9.17, 15) is 0 Å². The van der Waals surface area contributed by atoms with Crippen LogP contribution in [0.3, 0.4) is 0 Å². The van der Waals surface area contributed by atoms with E-state index in [0.29, 0.717) is 5.92 Å². The Bertz CT molecular complexity index is 754. The van der Waals surface area contributed by atoms with E-state index >= 15 is 0 Å². The van der Waals surface area contributed by atoms with Crippen molar-refractivity contribution in [2.45, 2.75) is 40.5 Å². The standard InChI is InChI=1S/C21H23N/c1-14(2)18-9-7-16(4)21-19(8-6-15(3)10-11-22)12-17(5)20(21)13-18/h6-10,12-14H,1-5H3/b8-6+,15-10?. The summed E-state index contributed by atoms with van der Waals surface area (Å²) in [4.78, 5) is 0. The minimum absolute atomic E-state index is 0.518. The maximum absolute atomic E-state index is 8.71. The first-order valence-electron chi connectivity index (χ1n) is 7.72. The molecule has 0 aliphatic heterocycles. The zero-order chi connectivity index (χ0) is 16.3. The second-order valence-corrected chi connectivity index (χ2v) is 6.24. The molecule has 0 amide bonds. The molecule has 0 atom stereocenters. The summed E-state index contributed by atoms with van der Waals surface area (Å²) in [5.41, 5.74) is 8.78. The number of nitrogens with zero attached hydrogens (tertiary/aromatic N) is 1. The fraction of sp³-hybridized carbons (Fsp3) is 0.286. The molecule has 112 valence electrons. The number of fused-ring (bicyclic) bond motifs is 1. The van der Waals surface area contributed by atoms with Gasteiger partial charge in [-0.05, 0) is 65.6 Å². The van der Waals surface area contributed by atoms with Crippen LogP contribution in [-0.4, -0.2) is 0 Å². The van der Waals surface area contributed by atoms with Gasteiger partial charge in [-0.25, -0.2) is 0 Å². The normalized spacial score (nSPS) is 12.3. The van der Waals surface area contributed by atoms with E-state index in [2.05, 4.69) is 64.1 Å². The van der Waals surface area contributed by atoms with Crippen LogP contribution < -0.4 is 0 Å². The third-order valence-electron chi connectivity index (χ3n) is 4.07. The number of hydrogen-bond acceptors (Lipinski definition) is 1. The Kier molecular flexibility index (Phi) is 4.83. The lowest BCUT2D eigenvalue weighted by atomic mass is 10.0. The van der Waals surface area contributed by atoms with Crippen molar-refractivity contribution in [3.05, 3.63) is 64.2 Å². The van der Waals surface area contributed by atoms with Gasteiger partial charge in [0.25, 0.3) is 0 Å². The molecule has 0 bridgehead atoms. The molecule has 0 aromatic rings. The Hall–Kier alpha value is -2.33. The zero-order valence-electron chi connectivity index (χ0n) is 14.1. The first-order valence-corrected chi connectivity index (χ1v) is 7.72. The Morgan fingerprint density at radius 3 is 2.50 bits per heavy atom. The van der Waals surface area contributed by atoms with E-state index < -0.39 is 0 Å². The first-order chi connectivity index (χ1) is 10.4. The predicted molar refractivity (Wildman–Crippen MR) is 95.0 cm³/mol. The average molecular weight is 289 g/mol. The molecule has 0 aromatic carbocycles. The SMILES string of the molecule is CC(=CC#N)/C=C/c1cc(C)c2cc(C(C)C)ccc(C)c1-2. The van der Waals surface area contributed by atoms with Gasteiger partial charge in [-0.3, -0.25) is 0 Å². The van der Waals surface area contributed by atoms with Gasteiger partial charge in [-0.2, -0.15) is 5.26 Å². The van der Waals surface area contributed by atoms with Gasteiger partial charge in [0.1, 0.15) is 0 Å². The van der Waals surface area contributed by atoms with Crippen molar-refractivity contribution in [1.82, 2.24) is 0 Å². The number of hydrogen-bond donors (Lipinski definition) is 0. The molecule has 1 heteroatoms. The zero-order valence-corrected chi connectivity index (χ0v) is 14.1. The van der Waals surface area contributed by atoms with Crippen molar-refractivity contribution in [1.29, 1.82) is 5.26 Å². The summed E-state index contributed by atoms with van der Waals surface area (Å²) in [7, 11) is 0. The summed E-state index contributed by atoms with van der Waals surface area (Å²) < 4.78 is 0. The molecule has 22 heavy (non-hydrogen) atoms. The number of nitriles is 1. The number of allylic oxidation sites excluding steroid dienone is 3. The highest BCUT2D eigenvalue weighted by Crippen LogP contribution is 2.36. The summed E-state index contributed by atoms with van der Waals surface area (Å²) in [5.74, 6) is 0.518. The molecule has 0 fully saturated rings. The van der Waals surface area contributed by atoms with Crippen molar-refractivity contribution in [3.63, 3.8) is 0 Å². The van der Waals surface area contributed by atoms with Crippen LogP contribution in [-0.2, 0) is 0 Å². The first kappa shape index (κ1) is 16.0. The number of aryl methyl sites for hydroxylation is 2. The van der Waals surface area contributed by atoms with E-state index in [0.717, 1.165) is 5.57 Å². The molecule has 2 aliphatic carbocycles. The molecule has 0 saturated heterocycles. The third-order valence-corrected chi connectivity index (χ3v) is 4.07. The van der Waals surface area contributed by atoms with E-state index in [-0.39, 0.29) is 0 Å². The maximum Gasteiger partial charge on any atom is 0.0914 e. The highest BCUT2D eigenvalue weighted by atomic mass is 14.2. The molecule has 0 unspecified atom stereocenters. The van der Waals surface area contributed by atoms with E-state index in [1.165, 1.54) is 33.4 Å². The van der Waals surface area contributed by atoms with Crippen molar-refractivity contribution >= 4 is 6.08 Å². The van der Waals surface area contributed by atoms with Gasteiger partial charge in [0.15, 0.2) is 0 Å². The summed E-state index contributed by atoms with van der Waals surface area (Å²) >= 11 is 0. The lowest BCUT2D eigenvalue weighted by molar-refractivity contribution is 0.868. The molecule has 0 aromatic heterocycles. The molecular weight excluding hydrogens is 266 g/mol. The second-order valence-electron chi connectivity index (χ2n) is 6.24. The largest absolute Gasteiger partial charge is 0.193 e. The molecule has 0 spiro atoms. The minimum Gasteiger partial charge on any atom is -0.193 e. The Morgan fingerprint density at radius 1 is 1.14 bits per heavy atom. The Morgan fingerprint density at radius 2 is 1.86 bits per heavy atom. The fourth-order valence-electron chi connectivity index (χ4n) is 2.74. The highest BCUT2D eigenvalue weighted by molar-refractivity contribution is 5.84. The van der Waals surface area contributed by atoms with Gasteiger partial charge in [0, 0.05) is 6.08 Å². The third kappa shape index (κ3) is 3.28. The highest BCUT2D eigenvalue weighted by Gasteiger charge is 2.14. The average Bonchev–Trinajstić information content (AvgIpc) is 2.64. The van der Waals surface area contributed by atoms with E-state index in [4.69, 9.17) is 5.26 Å². The summed E-state index contributed by atoms with van der Waals surface area (Å²) in [6.45, 7) is 10.7. The van der Waals surface area contributed by atoms with Crippen molar-refractivity contribution in [3.8, 4) is 17.2 Å². The summed E-state index contributed by atoms with van der Waals surface area (Å²) in [6, 6.07) is 11.1. The molecule has 0 N–H and O–H groups in total. The number of rotatable bonds is 3. The quantitative estimate of drug-likeness (QED) is 0.501. The molecular formula is C21H23N. The smallest absolute Gasteiger partial charge is 0.0914 e.